The molecule has 2 aliphatic heterocycles. The van der Waals surface area contributed by atoms with E-state index in [4.69, 9.17) is 11.6 Å². The molecule has 0 saturated carbocycles. The number of piperidine rings is 2. The lowest BCUT2D eigenvalue weighted by Gasteiger charge is -2.47. The standard InChI is InChI=1S/C27H27ClF7N3O3/c1-36(24(39)16-10-17(26(30,31)32)13-18(11-16)27(33,34)35)23-6-9-38(19-4-7-37(8-5-19)25(40)41)14-20(23)15-2-3-22(29)21(28)12-15/h2-3,10-13,19-20,23H,4-9,14H2,1H3,(H,40,41)/t20-,23+/m0/s1. The average Bonchev–Trinajstić information content (AvgIpc) is 2.92. The number of likely N-dealkylation sites (tertiary alicyclic amines) is 2. The van der Waals surface area contributed by atoms with Gasteiger partial charge in [0.25, 0.3) is 5.91 Å². The fourth-order valence-corrected chi connectivity index (χ4v) is 5.87. The molecular weight excluding hydrogens is 583 g/mol. The lowest BCUT2D eigenvalue weighted by atomic mass is 9.83. The first kappa shape index (κ1) is 30.9. The van der Waals surface area contributed by atoms with Crippen LogP contribution in [0.15, 0.2) is 36.4 Å². The molecule has 41 heavy (non-hydrogen) atoms. The van der Waals surface area contributed by atoms with Crippen LogP contribution in [-0.4, -0.2) is 77.1 Å². The molecule has 2 aromatic carbocycles. The van der Waals surface area contributed by atoms with Crippen LogP contribution in [0.1, 0.15) is 52.2 Å². The number of halogens is 8. The van der Waals surface area contributed by atoms with Crippen molar-refractivity contribution in [3.05, 3.63) is 69.5 Å². The molecule has 2 amide bonds. The number of carboxylic acid groups (broad SMARTS) is 1. The number of nitrogens with zero attached hydrogens (tertiary/aromatic N) is 3. The number of likely N-dealkylation sites (N-methyl/N-ethyl adjacent to an activating group) is 1. The number of alkyl halides is 6. The largest absolute Gasteiger partial charge is 0.465 e. The zero-order chi connectivity index (χ0) is 30.3. The number of amides is 2. The molecule has 1 N–H and O–H groups in total. The summed E-state index contributed by atoms with van der Waals surface area (Å²) in [5, 5.41) is 9.07. The van der Waals surface area contributed by atoms with Gasteiger partial charge in [-0.05, 0) is 55.2 Å². The van der Waals surface area contributed by atoms with Gasteiger partial charge >= 0.3 is 18.4 Å². The highest BCUT2D eigenvalue weighted by molar-refractivity contribution is 6.30. The quantitative estimate of drug-likeness (QED) is 0.398. The lowest BCUT2D eigenvalue weighted by Crippen LogP contribution is -2.55. The van der Waals surface area contributed by atoms with Crippen LogP contribution in [0.3, 0.4) is 0 Å². The molecule has 2 aliphatic rings. The predicted octanol–water partition coefficient (Wildman–Crippen LogP) is 6.59. The molecular formula is C27H27ClF7N3O3. The van der Waals surface area contributed by atoms with E-state index >= 15 is 0 Å². The third-order valence-electron chi connectivity index (χ3n) is 7.88. The Morgan fingerprint density at radius 2 is 1.51 bits per heavy atom. The number of carbonyl (C=O) groups excluding carboxylic acids is 1. The first-order valence-corrected chi connectivity index (χ1v) is 13.2. The molecule has 0 aliphatic carbocycles. The van der Waals surface area contributed by atoms with Crippen molar-refractivity contribution in [3.63, 3.8) is 0 Å². The maximum absolute atomic E-state index is 14.0. The van der Waals surface area contributed by atoms with Crippen molar-refractivity contribution in [1.29, 1.82) is 0 Å². The summed E-state index contributed by atoms with van der Waals surface area (Å²) in [4.78, 5) is 29.3. The highest BCUT2D eigenvalue weighted by Gasteiger charge is 2.41. The van der Waals surface area contributed by atoms with E-state index < -0.39 is 58.8 Å². The Labute approximate surface area is 236 Å². The summed E-state index contributed by atoms with van der Waals surface area (Å²) < 4.78 is 94.5. The number of carbonyl (C=O) groups is 2. The normalized spacial score (nSPS) is 21.1. The summed E-state index contributed by atoms with van der Waals surface area (Å²) in [6.45, 7) is 1.45. The SMILES string of the molecule is CN(C(=O)c1cc(C(F)(F)F)cc(C(F)(F)F)c1)[C@@H]1CCN(C2CCN(C(=O)O)CC2)C[C@H]1c1ccc(F)c(Cl)c1. The zero-order valence-electron chi connectivity index (χ0n) is 21.8. The van der Waals surface area contributed by atoms with Gasteiger partial charge in [-0.1, -0.05) is 17.7 Å². The van der Waals surface area contributed by atoms with E-state index in [1.54, 1.807) is 0 Å². The van der Waals surface area contributed by atoms with Gasteiger partial charge in [-0.15, -0.1) is 0 Å². The van der Waals surface area contributed by atoms with Crippen LogP contribution in [0.5, 0.6) is 0 Å². The molecule has 2 atom stereocenters. The predicted molar refractivity (Wildman–Crippen MR) is 135 cm³/mol. The van der Waals surface area contributed by atoms with Gasteiger partial charge in [-0.25, -0.2) is 9.18 Å². The molecule has 0 unspecified atom stereocenters. The van der Waals surface area contributed by atoms with Crippen molar-refractivity contribution in [2.24, 2.45) is 0 Å². The van der Waals surface area contributed by atoms with Gasteiger partial charge in [0.15, 0.2) is 0 Å². The zero-order valence-corrected chi connectivity index (χ0v) is 22.5. The van der Waals surface area contributed by atoms with Crippen LogP contribution in [0.25, 0.3) is 0 Å². The molecule has 0 aromatic heterocycles. The van der Waals surface area contributed by atoms with Crippen LogP contribution in [0.2, 0.25) is 5.02 Å². The highest BCUT2D eigenvalue weighted by atomic mass is 35.5. The van der Waals surface area contributed by atoms with Crippen molar-refractivity contribution in [3.8, 4) is 0 Å². The van der Waals surface area contributed by atoms with E-state index in [9.17, 15) is 45.4 Å². The molecule has 0 radical (unpaired) electrons. The highest BCUT2D eigenvalue weighted by Crippen LogP contribution is 2.38. The van der Waals surface area contributed by atoms with Crippen LogP contribution < -0.4 is 0 Å². The summed E-state index contributed by atoms with van der Waals surface area (Å²) in [6, 6.07) is 4.17. The third kappa shape index (κ3) is 6.88. The van der Waals surface area contributed by atoms with Crippen LogP contribution in [-0.2, 0) is 12.4 Å². The molecule has 2 fully saturated rings. The lowest BCUT2D eigenvalue weighted by molar-refractivity contribution is -0.143. The Hall–Kier alpha value is -3.06. The van der Waals surface area contributed by atoms with Gasteiger partial charge in [-0.3, -0.25) is 9.69 Å². The van der Waals surface area contributed by atoms with Gasteiger partial charge in [0, 0.05) is 56.8 Å². The number of hydrogen-bond acceptors (Lipinski definition) is 3. The minimum absolute atomic E-state index is 0.0174. The van der Waals surface area contributed by atoms with Crippen molar-refractivity contribution in [2.45, 2.75) is 49.6 Å². The summed E-state index contributed by atoms with van der Waals surface area (Å²) in [5.41, 5.74) is -3.38. The molecule has 6 nitrogen and oxygen atoms in total. The molecule has 0 spiro atoms. The first-order valence-electron chi connectivity index (χ1n) is 12.8. The monoisotopic (exact) mass is 609 g/mol. The van der Waals surface area contributed by atoms with E-state index in [2.05, 4.69) is 4.90 Å². The Kier molecular flexibility index (Phi) is 8.79. The van der Waals surface area contributed by atoms with Crippen molar-refractivity contribution < 1.29 is 45.4 Å². The summed E-state index contributed by atoms with van der Waals surface area (Å²) in [7, 11) is 1.32. The second-order valence-corrected chi connectivity index (χ2v) is 10.7. The fraction of sp³-hybridized carbons (Fsp3) is 0.481. The van der Waals surface area contributed by atoms with Gasteiger partial charge in [-0.2, -0.15) is 26.3 Å². The minimum atomic E-state index is -5.11. The number of benzene rings is 2. The maximum Gasteiger partial charge on any atom is 0.416 e. The number of hydrogen-bond donors (Lipinski definition) is 1. The smallest absolute Gasteiger partial charge is 0.416 e. The molecule has 0 bridgehead atoms. The Morgan fingerprint density at radius 3 is 2.02 bits per heavy atom. The van der Waals surface area contributed by atoms with Crippen molar-refractivity contribution in [2.75, 3.05) is 33.2 Å². The molecule has 4 rings (SSSR count). The van der Waals surface area contributed by atoms with Crippen molar-refractivity contribution >= 4 is 23.6 Å². The van der Waals surface area contributed by atoms with Gasteiger partial charge in [0.1, 0.15) is 5.82 Å². The Bertz CT molecular complexity index is 1260. The van der Waals surface area contributed by atoms with Gasteiger partial charge in [0.2, 0.25) is 0 Å². The molecule has 14 heteroatoms. The van der Waals surface area contributed by atoms with Gasteiger partial charge < -0.3 is 14.9 Å². The van der Waals surface area contributed by atoms with Crippen LogP contribution in [0.4, 0.5) is 35.5 Å². The maximum atomic E-state index is 14.0. The molecule has 2 aromatic rings. The first-order chi connectivity index (χ1) is 19.1. The molecule has 2 saturated heterocycles. The van der Waals surface area contributed by atoms with E-state index in [1.807, 2.05) is 0 Å². The molecule has 224 valence electrons. The minimum Gasteiger partial charge on any atom is -0.465 e. The second kappa shape index (κ2) is 11.7. The van der Waals surface area contributed by atoms with Crippen LogP contribution in [0, 0.1) is 5.82 Å². The Balaban J connectivity index is 1.64. The number of rotatable bonds is 4. The van der Waals surface area contributed by atoms with E-state index in [0.717, 1.165) is 11.0 Å². The second-order valence-electron chi connectivity index (χ2n) is 10.3. The van der Waals surface area contributed by atoms with E-state index in [1.165, 1.54) is 24.1 Å². The van der Waals surface area contributed by atoms with Gasteiger partial charge in [0.05, 0.1) is 16.1 Å². The summed E-state index contributed by atoms with van der Waals surface area (Å²) >= 11 is 6.03. The average molecular weight is 610 g/mol. The summed E-state index contributed by atoms with van der Waals surface area (Å²) in [5.74, 6) is -2.21. The topological polar surface area (TPSA) is 64.1 Å². The molecule has 2 heterocycles. The Morgan fingerprint density at radius 1 is 0.927 bits per heavy atom. The third-order valence-corrected chi connectivity index (χ3v) is 8.17. The van der Waals surface area contributed by atoms with E-state index in [-0.39, 0.29) is 17.1 Å². The summed E-state index contributed by atoms with van der Waals surface area (Å²) in [6.07, 6.45) is -9.79. The van der Waals surface area contributed by atoms with E-state index in [0.29, 0.717) is 63.1 Å². The van der Waals surface area contributed by atoms with Crippen molar-refractivity contribution in [1.82, 2.24) is 14.7 Å². The fourth-order valence-electron chi connectivity index (χ4n) is 5.69. The van der Waals surface area contributed by atoms with Crippen LogP contribution >= 0.6 is 11.6 Å².